The third-order valence-electron chi connectivity index (χ3n) is 4.32. The SMILES string of the molecule is Cc1ccc(CN2C(=NC(=O)COCC(=O)O)S[C@H]3CS(=O)(=O)C[C@H]32)cc1. The van der Waals surface area contributed by atoms with E-state index in [4.69, 9.17) is 9.84 Å². The predicted octanol–water partition coefficient (Wildman–Crippen LogP) is 0.693. The van der Waals surface area contributed by atoms with E-state index in [1.807, 2.05) is 36.1 Å². The standard InChI is InChI=1S/C17H20N2O6S2/c1-11-2-4-12(5-3-11)6-19-13-9-27(23,24)10-14(13)26-17(19)18-15(20)7-25-8-16(21)22/h2-5,13-14H,6-10H2,1H3,(H,21,22)/t13-,14+/m1/s1. The van der Waals surface area contributed by atoms with Gasteiger partial charge < -0.3 is 14.7 Å². The number of sulfone groups is 1. The molecule has 146 valence electrons. The quantitative estimate of drug-likeness (QED) is 0.726. The Morgan fingerprint density at radius 2 is 1.96 bits per heavy atom. The lowest BCUT2D eigenvalue weighted by molar-refractivity contribution is -0.143. The molecule has 10 heteroatoms. The van der Waals surface area contributed by atoms with E-state index < -0.39 is 34.9 Å². The molecular weight excluding hydrogens is 392 g/mol. The van der Waals surface area contributed by atoms with Gasteiger partial charge in [-0.1, -0.05) is 41.6 Å². The van der Waals surface area contributed by atoms with Crippen LogP contribution in [0.2, 0.25) is 0 Å². The van der Waals surface area contributed by atoms with Crippen LogP contribution in [-0.2, 0) is 30.7 Å². The lowest BCUT2D eigenvalue weighted by atomic mass is 10.1. The maximum Gasteiger partial charge on any atom is 0.329 e. The summed E-state index contributed by atoms with van der Waals surface area (Å²) < 4.78 is 28.8. The number of amidine groups is 1. The summed E-state index contributed by atoms with van der Waals surface area (Å²) in [7, 11) is -3.11. The third-order valence-corrected chi connectivity index (χ3v) is 7.57. The average Bonchev–Trinajstić information content (AvgIpc) is 3.02. The van der Waals surface area contributed by atoms with E-state index in [2.05, 4.69) is 4.99 Å². The fourth-order valence-electron chi connectivity index (χ4n) is 3.08. The van der Waals surface area contributed by atoms with Gasteiger partial charge in [0.2, 0.25) is 0 Å². The molecule has 0 aromatic heterocycles. The molecule has 2 atom stereocenters. The molecule has 0 unspecified atom stereocenters. The van der Waals surface area contributed by atoms with E-state index >= 15 is 0 Å². The lowest BCUT2D eigenvalue weighted by Gasteiger charge is -2.24. The maximum absolute atomic E-state index is 12.0. The van der Waals surface area contributed by atoms with E-state index in [-0.39, 0.29) is 22.8 Å². The summed E-state index contributed by atoms with van der Waals surface area (Å²) in [6.07, 6.45) is 0. The number of carbonyl (C=O) groups excluding carboxylic acids is 1. The lowest BCUT2D eigenvalue weighted by Crippen LogP contribution is -2.37. The number of hydrogen-bond donors (Lipinski definition) is 1. The number of fused-ring (bicyclic) bond motifs is 1. The van der Waals surface area contributed by atoms with Crippen LogP contribution >= 0.6 is 11.8 Å². The van der Waals surface area contributed by atoms with E-state index in [1.54, 1.807) is 0 Å². The highest BCUT2D eigenvalue weighted by atomic mass is 32.2. The van der Waals surface area contributed by atoms with E-state index in [9.17, 15) is 18.0 Å². The molecule has 8 nitrogen and oxygen atoms in total. The van der Waals surface area contributed by atoms with Crippen molar-refractivity contribution >= 4 is 38.6 Å². The molecular formula is C17H20N2O6S2. The number of aliphatic imine (C=N–C) groups is 1. The molecule has 3 rings (SSSR count). The normalized spacial score (nSPS) is 24.9. The van der Waals surface area contributed by atoms with Crippen LogP contribution in [0, 0.1) is 6.92 Å². The van der Waals surface area contributed by atoms with Crippen LogP contribution in [0.3, 0.4) is 0 Å². The van der Waals surface area contributed by atoms with Crippen molar-refractivity contribution in [1.82, 2.24) is 4.90 Å². The molecule has 0 spiro atoms. The van der Waals surface area contributed by atoms with Crippen molar-refractivity contribution in [2.75, 3.05) is 24.7 Å². The zero-order chi connectivity index (χ0) is 19.6. The van der Waals surface area contributed by atoms with Crippen LogP contribution in [0.15, 0.2) is 29.3 Å². The maximum atomic E-state index is 12.0. The highest BCUT2D eigenvalue weighted by Gasteiger charge is 2.48. The summed E-state index contributed by atoms with van der Waals surface area (Å²) in [5, 5.41) is 8.86. The minimum Gasteiger partial charge on any atom is -0.480 e. The van der Waals surface area contributed by atoms with Gasteiger partial charge in [0.15, 0.2) is 15.0 Å². The zero-order valence-electron chi connectivity index (χ0n) is 14.7. The fourth-order valence-corrected chi connectivity index (χ4v) is 7.04. The van der Waals surface area contributed by atoms with Crippen LogP contribution in [0.4, 0.5) is 0 Å². The molecule has 2 saturated heterocycles. The van der Waals surface area contributed by atoms with Gasteiger partial charge in [-0.15, -0.1) is 0 Å². The molecule has 2 aliphatic heterocycles. The van der Waals surface area contributed by atoms with Crippen molar-refractivity contribution < 1.29 is 27.9 Å². The number of rotatable bonds is 6. The first-order chi connectivity index (χ1) is 12.7. The molecule has 0 bridgehead atoms. The summed E-state index contributed by atoms with van der Waals surface area (Å²) in [4.78, 5) is 28.4. The van der Waals surface area contributed by atoms with E-state index in [1.165, 1.54) is 11.8 Å². The average molecular weight is 412 g/mol. The van der Waals surface area contributed by atoms with Crippen LogP contribution in [0.25, 0.3) is 0 Å². The highest BCUT2D eigenvalue weighted by molar-refractivity contribution is 8.15. The minimum absolute atomic E-state index is 0.0409. The molecule has 1 N–H and O–H groups in total. The summed E-state index contributed by atoms with van der Waals surface area (Å²) >= 11 is 1.29. The largest absolute Gasteiger partial charge is 0.480 e. The van der Waals surface area contributed by atoms with E-state index in [0.29, 0.717) is 11.7 Å². The molecule has 1 aromatic carbocycles. The first-order valence-corrected chi connectivity index (χ1v) is 11.0. The summed E-state index contributed by atoms with van der Waals surface area (Å²) in [6, 6.07) is 7.65. The second-order valence-electron chi connectivity index (χ2n) is 6.59. The summed E-state index contributed by atoms with van der Waals surface area (Å²) in [6.45, 7) is 1.44. The molecule has 2 heterocycles. The van der Waals surface area contributed by atoms with Crippen molar-refractivity contribution in [2.24, 2.45) is 4.99 Å². The number of nitrogens with zero attached hydrogens (tertiary/aromatic N) is 2. The Hall–Kier alpha value is -1.91. The number of thioether (sulfide) groups is 1. The third kappa shape index (κ3) is 5.08. The van der Waals surface area contributed by atoms with Gasteiger partial charge in [0.1, 0.15) is 13.2 Å². The van der Waals surface area contributed by atoms with Crippen LogP contribution in [-0.4, -0.2) is 71.5 Å². The van der Waals surface area contributed by atoms with Crippen molar-refractivity contribution in [3.05, 3.63) is 35.4 Å². The Morgan fingerprint density at radius 1 is 1.26 bits per heavy atom. The van der Waals surface area contributed by atoms with Gasteiger partial charge in [-0.3, -0.25) is 4.79 Å². The Kier molecular flexibility index (Phi) is 5.87. The van der Waals surface area contributed by atoms with Crippen molar-refractivity contribution in [3.63, 3.8) is 0 Å². The zero-order valence-corrected chi connectivity index (χ0v) is 16.3. The summed E-state index contributed by atoms with van der Waals surface area (Å²) in [5.41, 5.74) is 2.11. The number of benzene rings is 1. The monoisotopic (exact) mass is 412 g/mol. The highest BCUT2D eigenvalue weighted by Crippen LogP contribution is 2.39. The second-order valence-corrected chi connectivity index (χ2v) is 9.95. The van der Waals surface area contributed by atoms with Crippen LogP contribution in [0.5, 0.6) is 0 Å². The van der Waals surface area contributed by atoms with E-state index in [0.717, 1.165) is 11.1 Å². The Bertz CT molecular complexity index is 866. The Morgan fingerprint density at radius 3 is 2.63 bits per heavy atom. The smallest absolute Gasteiger partial charge is 0.329 e. The molecule has 2 aliphatic rings. The van der Waals surface area contributed by atoms with Gasteiger partial charge >= 0.3 is 5.97 Å². The molecule has 0 aliphatic carbocycles. The van der Waals surface area contributed by atoms with Crippen LogP contribution in [0.1, 0.15) is 11.1 Å². The Balaban J connectivity index is 1.77. The molecule has 27 heavy (non-hydrogen) atoms. The van der Waals surface area contributed by atoms with Crippen molar-refractivity contribution in [1.29, 1.82) is 0 Å². The van der Waals surface area contributed by atoms with Crippen molar-refractivity contribution in [3.8, 4) is 0 Å². The fraction of sp³-hybridized carbons (Fsp3) is 0.471. The van der Waals surface area contributed by atoms with Gasteiger partial charge in [-0.2, -0.15) is 4.99 Å². The number of aliphatic carboxylic acids is 1. The van der Waals surface area contributed by atoms with Gasteiger partial charge in [-0.05, 0) is 12.5 Å². The van der Waals surface area contributed by atoms with Crippen LogP contribution < -0.4 is 0 Å². The topological polar surface area (TPSA) is 113 Å². The predicted molar refractivity (Wildman–Crippen MR) is 101 cm³/mol. The number of ether oxygens (including phenoxy) is 1. The summed E-state index contributed by atoms with van der Waals surface area (Å²) in [5.74, 6) is -1.64. The minimum atomic E-state index is -3.11. The number of carboxylic acids is 1. The molecule has 1 aromatic rings. The number of hydrogen-bond acceptors (Lipinski definition) is 6. The van der Waals surface area contributed by atoms with Gasteiger partial charge in [-0.25, -0.2) is 13.2 Å². The van der Waals surface area contributed by atoms with Gasteiger partial charge in [0.25, 0.3) is 5.91 Å². The number of aryl methyl sites for hydroxylation is 1. The number of carbonyl (C=O) groups is 2. The number of carboxylic acid groups (broad SMARTS) is 1. The second kappa shape index (κ2) is 7.99. The molecule has 1 amide bonds. The molecule has 2 fully saturated rings. The molecule has 0 radical (unpaired) electrons. The molecule has 0 saturated carbocycles. The van der Waals surface area contributed by atoms with Gasteiger partial charge in [0.05, 0.1) is 17.5 Å². The first kappa shape index (κ1) is 19.8. The van der Waals surface area contributed by atoms with Gasteiger partial charge in [0, 0.05) is 11.8 Å². The van der Waals surface area contributed by atoms with Crippen molar-refractivity contribution in [2.45, 2.75) is 24.8 Å². The number of amides is 1. The Labute approximate surface area is 161 Å². The first-order valence-electron chi connectivity index (χ1n) is 8.34.